The molecule has 6 rings (SSSR count). The van der Waals surface area contributed by atoms with Crippen LogP contribution in [0.2, 0.25) is 0 Å². The highest BCUT2D eigenvalue weighted by Gasteiger charge is 2.45. The highest BCUT2D eigenvalue weighted by Crippen LogP contribution is 2.54. The molecule has 1 spiro atoms. The van der Waals surface area contributed by atoms with E-state index in [0.29, 0.717) is 41.4 Å². The Hall–Kier alpha value is -2.86. The summed E-state index contributed by atoms with van der Waals surface area (Å²) in [4.78, 5) is 26.5. The molecular weight excluding hydrogens is 526 g/mol. The lowest BCUT2D eigenvalue weighted by molar-refractivity contribution is -0.0222. The SMILES string of the molecule is Cc1cc(NC(=O)c2ccc(S(=O)(=O)C3CNC3)cc2N2CCC3(CC2)CC3)nc(N2CCC(F)(F)CC2)n1. The van der Waals surface area contributed by atoms with E-state index in [1.54, 1.807) is 30.0 Å². The molecule has 2 aromatic rings. The number of nitrogens with one attached hydrogen (secondary N) is 2. The lowest BCUT2D eigenvalue weighted by Crippen LogP contribution is -2.51. The summed E-state index contributed by atoms with van der Waals surface area (Å²) in [5.74, 6) is -2.50. The zero-order valence-corrected chi connectivity index (χ0v) is 22.9. The molecule has 12 heteroatoms. The minimum atomic E-state index is -3.51. The topological polar surface area (TPSA) is 108 Å². The Kier molecular flexibility index (Phi) is 6.53. The van der Waals surface area contributed by atoms with Crippen molar-refractivity contribution in [3.63, 3.8) is 0 Å². The fourth-order valence-electron chi connectivity index (χ4n) is 5.69. The standard InChI is InChI=1S/C27H34F2N6O3S/c1-18-14-23(33-25(31-18)35-12-8-27(28,29)9-13-35)32-24(36)21-3-2-19(39(37,38)20-16-30-17-20)15-22(21)34-10-6-26(4-5-26)7-11-34/h2-3,14-15,20,30H,4-13,16-17H2,1H3,(H,31,32,33,36). The molecule has 1 aromatic carbocycles. The number of hydrogen-bond donors (Lipinski definition) is 2. The van der Waals surface area contributed by atoms with Gasteiger partial charge in [-0.25, -0.2) is 22.2 Å². The Balaban J connectivity index is 1.27. The average molecular weight is 561 g/mol. The largest absolute Gasteiger partial charge is 0.371 e. The minimum absolute atomic E-state index is 0.136. The van der Waals surface area contributed by atoms with Gasteiger partial charge in [-0.3, -0.25) is 4.79 Å². The second-order valence-corrected chi connectivity index (χ2v) is 13.7. The molecule has 4 heterocycles. The van der Waals surface area contributed by atoms with Crippen LogP contribution in [0.3, 0.4) is 0 Å². The molecule has 1 aliphatic carbocycles. The van der Waals surface area contributed by atoms with E-state index >= 15 is 0 Å². The van der Waals surface area contributed by atoms with E-state index in [4.69, 9.17) is 0 Å². The second-order valence-electron chi connectivity index (χ2n) is 11.5. The van der Waals surface area contributed by atoms with E-state index < -0.39 is 26.9 Å². The third-order valence-corrected chi connectivity index (χ3v) is 10.8. The van der Waals surface area contributed by atoms with Gasteiger partial charge in [-0.05, 0) is 56.2 Å². The van der Waals surface area contributed by atoms with Gasteiger partial charge in [0.05, 0.1) is 21.4 Å². The zero-order valence-electron chi connectivity index (χ0n) is 22.0. The highest BCUT2D eigenvalue weighted by molar-refractivity contribution is 7.92. The maximum absolute atomic E-state index is 13.6. The summed E-state index contributed by atoms with van der Waals surface area (Å²) in [7, 11) is -3.51. The lowest BCUT2D eigenvalue weighted by Gasteiger charge is -2.35. The Morgan fingerprint density at radius 3 is 2.26 bits per heavy atom. The summed E-state index contributed by atoms with van der Waals surface area (Å²) >= 11 is 0. The number of benzene rings is 1. The van der Waals surface area contributed by atoms with E-state index in [9.17, 15) is 22.0 Å². The van der Waals surface area contributed by atoms with Gasteiger partial charge in [-0.2, -0.15) is 4.98 Å². The number of alkyl halides is 2. The molecule has 3 aliphatic heterocycles. The van der Waals surface area contributed by atoms with Gasteiger partial charge in [-0.15, -0.1) is 0 Å². The van der Waals surface area contributed by atoms with E-state index in [-0.39, 0.29) is 36.6 Å². The smallest absolute Gasteiger partial charge is 0.258 e. The maximum Gasteiger partial charge on any atom is 0.258 e. The summed E-state index contributed by atoms with van der Waals surface area (Å²) < 4.78 is 53.6. The molecule has 1 aromatic heterocycles. The van der Waals surface area contributed by atoms with Crippen LogP contribution in [0.25, 0.3) is 0 Å². The van der Waals surface area contributed by atoms with Crippen LogP contribution in [0, 0.1) is 12.3 Å². The Bertz CT molecular complexity index is 1370. The molecule has 2 N–H and O–H groups in total. The van der Waals surface area contributed by atoms with Crippen molar-refractivity contribution in [3.8, 4) is 0 Å². The summed E-state index contributed by atoms with van der Waals surface area (Å²) in [5, 5.41) is 5.41. The summed E-state index contributed by atoms with van der Waals surface area (Å²) in [6, 6.07) is 6.40. The maximum atomic E-state index is 13.6. The Morgan fingerprint density at radius 2 is 1.64 bits per heavy atom. The third kappa shape index (κ3) is 5.32. The first-order valence-electron chi connectivity index (χ1n) is 13.7. The number of sulfone groups is 1. The number of halogens is 2. The minimum Gasteiger partial charge on any atom is -0.371 e. The molecule has 0 atom stereocenters. The van der Waals surface area contributed by atoms with Gasteiger partial charge in [0.1, 0.15) is 5.82 Å². The first-order valence-corrected chi connectivity index (χ1v) is 15.2. The molecule has 4 fully saturated rings. The van der Waals surface area contributed by atoms with Crippen LogP contribution >= 0.6 is 0 Å². The molecule has 210 valence electrons. The number of carbonyl (C=O) groups excluding carboxylic acids is 1. The summed E-state index contributed by atoms with van der Waals surface area (Å²) in [5.41, 5.74) is 2.02. The van der Waals surface area contributed by atoms with Crippen molar-refractivity contribution in [1.82, 2.24) is 15.3 Å². The van der Waals surface area contributed by atoms with Gasteiger partial charge >= 0.3 is 0 Å². The first-order chi connectivity index (χ1) is 18.5. The first kappa shape index (κ1) is 26.4. The van der Waals surface area contributed by atoms with Crippen LogP contribution in [-0.4, -0.2) is 74.7 Å². The molecule has 1 saturated carbocycles. The molecule has 3 saturated heterocycles. The van der Waals surface area contributed by atoms with Crippen LogP contribution in [0.5, 0.6) is 0 Å². The molecule has 0 unspecified atom stereocenters. The second kappa shape index (κ2) is 9.65. The predicted octanol–water partition coefficient (Wildman–Crippen LogP) is 3.40. The van der Waals surface area contributed by atoms with Gasteiger partial charge in [0, 0.05) is 63.9 Å². The number of amides is 1. The summed E-state index contributed by atoms with van der Waals surface area (Å²) in [6.45, 7) is 4.43. The van der Waals surface area contributed by atoms with Crippen molar-refractivity contribution in [2.45, 2.75) is 61.5 Å². The highest BCUT2D eigenvalue weighted by atomic mass is 32.2. The third-order valence-electron chi connectivity index (χ3n) is 8.71. The molecular formula is C27H34F2N6O3S. The molecule has 1 amide bonds. The van der Waals surface area contributed by atoms with Crippen LogP contribution in [-0.2, 0) is 9.84 Å². The van der Waals surface area contributed by atoms with Gasteiger partial charge in [0.2, 0.25) is 5.95 Å². The van der Waals surface area contributed by atoms with Crippen molar-refractivity contribution in [2.24, 2.45) is 5.41 Å². The quantitative estimate of drug-likeness (QED) is 0.554. The van der Waals surface area contributed by atoms with Crippen molar-refractivity contribution < 1.29 is 22.0 Å². The van der Waals surface area contributed by atoms with E-state index in [1.165, 1.54) is 18.9 Å². The van der Waals surface area contributed by atoms with Crippen LogP contribution < -0.4 is 20.4 Å². The monoisotopic (exact) mass is 560 g/mol. The molecule has 39 heavy (non-hydrogen) atoms. The van der Waals surface area contributed by atoms with Crippen molar-refractivity contribution in [3.05, 3.63) is 35.5 Å². The number of anilines is 3. The van der Waals surface area contributed by atoms with Crippen molar-refractivity contribution >= 4 is 33.2 Å². The average Bonchev–Trinajstić information content (AvgIpc) is 3.61. The number of rotatable bonds is 6. The van der Waals surface area contributed by atoms with Crippen LogP contribution in [0.4, 0.5) is 26.2 Å². The van der Waals surface area contributed by atoms with Crippen LogP contribution in [0.15, 0.2) is 29.2 Å². The predicted molar refractivity (Wildman–Crippen MR) is 145 cm³/mol. The zero-order chi connectivity index (χ0) is 27.4. The van der Waals surface area contributed by atoms with Crippen molar-refractivity contribution in [2.75, 3.05) is 54.4 Å². The van der Waals surface area contributed by atoms with E-state index in [0.717, 1.165) is 25.9 Å². The molecule has 0 bridgehead atoms. The number of piperidine rings is 2. The summed E-state index contributed by atoms with van der Waals surface area (Å²) in [6.07, 6.45) is 4.00. The molecule has 9 nitrogen and oxygen atoms in total. The van der Waals surface area contributed by atoms with Gasteiger partial charge in [-0.1, -0.05) is 0 Å². The van der Waals surface area contributed by atoms with Gasteiger partial charge < -0.3 is 20.4 Å². The van der Waals surface area contributed by atoms with Crippen molar-refractivity contribution in [1.29, 1.82) is 0 Å². The van der Waals surface area contributed by atoms with E-state index in [1.807, 2.05) is 0 Å². The fraction of sp³-hybridized carbons (Fsp3) is 0.593. The van der Waals surface area contributed by atoms with Gasteiger partial charge in [0.25, 0.3) is 11.8 Å². The van der Waals surface area contributed by atoms with Gasteiger partial charge in [0.15, 0.2) is 9.84 Å². The fourth-order valence-corrected chi connectivity index (χ4v) is 7.28. The normalized spacial score (nSPS) is 22.4. The number of aryl methyl sites for hydroxylation is 1. The lowest BCUT2D eigenvalue weighted by atomic mass is 9.93. The number of carbonyl (C=O) groups is 1. The Morgan fingerprint density at radius 1 is 0.974 bits per heavy atom. The van der Waals surface area contributed by atoms with Crippen LogP contribution in [0.1, 0.15) is 54.6 Å². The van der Waals surface area contributed by atoms with E-state index in [2.05, 4.69) is 25.5 Å². The number of aromatic nitrogens is 2. The number of nitrogens with zero attached hydrogens (tertiary/aromatic N) is 4. The number of hydrogen-bond acceptors (Lipinski definition) is 8. The Labute approximate surface area is 227 Å². The molecule has 4 aliphatic rings. The molecule has 0 radical (unpaired) electrons.